The summed E-state index contributed by atoms with van der Waals surface area (Å²) in [6, 6.07) is 6.92. The van der Waals surface area contributed by atoms with Crippen molar-refractivity contribution in [3.63, 3.8) is 0 Å². The van der Waals surface area contributed by atoms with Crippen molar-refractivity contribution in [1.29, 1.82) is 5.26 Å². The van der Waals surface area contributed by atoms with Crippen LogP contribution in [0.3, 0.4) is 0 Å². The molecule has 0 radical (unpaired) electrons. The summed E-state index contributed by atoms with van der Waals surface area (Å²) in [7, 11) is 0. The Balaban J connectivity index is 1.51. The van der Waals surface area contributed by atoms with Crippen LogP contribution < -0.4 is 10.3 Å². The third kappa shape index (κ3) is 5.07. The summed E-state index contributed by atoms with van der Waals surface area (Å²) in [5.41, 5.74) is -1.51. The zero-order chi connectivity index (χ0) is 29.6. The number of pyridine rings is 1. The molecule has 0 atom stereocenters. The Morgan fingerprint density at radius 2 is 2.00 bits per heavy atom. The topological polar surface area (TPSA) is 118 Å². The quantitative estimate of drug-likeness (QED) is 0.222. The van der Waals surface area contributed by atoms with E-state index in [0.717, 1.165) is 22.0 Å². The molecule has 208 valence electrons. The van der Waals surface area contributed by atoms with E-state index in [-0.39, 0.29) is 51.7 Å². The summed E-state index contributed by atoms with van der Waals surface area (Å²) >= 11 is 7.18. The normalized spacial score (nSPS) is 11.6. The lowest BCUT2D eigenvalue weighted by Gasteiger charge is -2.16. The molecular formula is C27H15ClF4N4O4S. The van der Waals surface area contributed by atoms with Crippen molar-refractivity contribution in [3.05, 3.63) is 85.6 Å². The first-order chi connectivity index (χ1) is 19.4. The van der Waals surface area contributed by atoms with E-state index in [9.17, 15) is 37.5 Å². The van der Waals surface area contributed by atoms with Gasteiger partial charge in [0.05, 0.1) is 49.4 Å². The highest BCUT2D eigenvalue weighted by Crippen LogP contribution is 2.40. The predicted octanol–water partition coefficient (Wildman–Crippen LogP) is 6.44. The average molecular weight is 603 g/mol. The summed E-state index contributed by atoms with van der Waals surface area (Å²) < 4.78 is 61.8. The van der Waals surface area contributed by atoms with E-state index in [1.54, 1.807) is 12.1 Å². The minimum atomic E-state index is -4.73. The number of thiophene rings is 1. The molecular weight excluding hydrogens is 588 g/mol. The molecule has 3 aromatic heterocycles. The van der Waals surface area contributed by atoms with Crippen molar-refractivity contribution in [2.45, 2.75) is 19.6 Å². The average Bonchev–Trinajstić information content (AvgIpc) is 3.36. The number of hydrogen-bond acceptors (Lipinski definition) is 7. The molecule has 41 heavy (non-hydrogen) atoms. The van der Waals surface area contributed by atoms with E-state index in [0.29, 0.717) is 28.0 Å². The van der Waals surface area contributed by atoms with Crippen molar-refractivity contribution >= 4 is 50.0 Å². The molecule has 14 heteroatoms. The number of aromatic nitrogens is 3. The lowest BCUT2D eigenvalue weighted by Crippen LogP contribution is -2.27. The summed E-state index contributed by atoms with van der Waals surface area (Å²) in [5.74, 6) is -1.83. The first kappa shape index (κ1) is 28.0. The molecule has 0 fully saturated rings. The number of fused-ring (bicyclic) bond motifs is 2. The lowest BCUT2D eigenvalue weighted by atomic mass is 10.0. The van der Waals surface area contributed by atoms with Crippen LogP contribution in [0.5, 0.6) is 5.75 Å². The summed E-state index contributed by atoms with van der Waals surface area (Å²) in [4.78, 5) is 33.1. The van der Waals surface area contributed by atoms with Gasteiger partial charge >= 0.3 is 12.1 Å². The number of carboxylic acid groups (broad SMARTS) is 1. The first-order valence-corrected chi connectivity index (χ1v) is 12.9. The van der Waals surface area contributed by atoms with Crippen LogP contribution in [0.4, 0.5) is 17.6 Å². The molecule has 0 amide bonds. The lowest BCUT2D eigenvalue weighted by molar-refractivity contribution is -0.137. The molecule has 1 N–H and O–H groups in total. The monoisotopic (exact) mass is 602 g/mol. The third-order valence-corrected chi connectivity index (χ3v) is 7.56. The number of ether oxygens (including phenoxy) is 1. The first-order valence-electron chi connectivity index (χ1n) is 11.6. The van der Waals surface area contributed by atoms with Gasteiger partial charge in [-0.2, -0.15) is 18.4 Å². The molecule has 0 aliphatic heterocycles. The Bertz CT molecular complexity index is 1980. The number of hydrogen-bond donors (Lipinski definition) is 1. The van der Waals surface area contributed by atoms with E-state index < -0.39 is 34.6 Å². The summed E-state index contributed by atoms with van der Waals surface area (Å²) in [6.07, 6.45) is -3.33. The predicted molar refractivity (Wildman–Crippen MR) is 143 cm³/mol. The maximum Gasteiger partial charge on any atom is 0.416 e. The highest BCUT2D eigenvalue weighted by atomic mass is 35.5. The van der Waals surface area contributed by atoms with Crippen LogP contribution in [0, 0.1) is 24.1 Å². The number of benzene rings is 2. The zero-order valence-corrected chi connectivity index (χ0v) is 22.3. The molecule has 0 aliphatic rings. The largest absolute Gasteiger partial charge is 0.491 e. The Hall–Kier alpha value is -4.54. The Kier molecular flexibility index (Phi) is 7.14. The van der Waals surface area contributed by atoms with Gasteiger partial charge < -0.3 is 9.84 Å². The number of aryl methyl sites for hydroxylation is 1. The maximum atomic E-state index is 14.5. The van der Waals surface area contributed by atoms with E-state index in [2.05, 4.69) is 9.97 Å². The van der Waals surface area contributed by atoms with Gasteiger partial charge in [-0.15, -0.1) is 11.3 Å². The van der Waals surface area contributed by atoms with Gasteiger partial charge in [-0.3, -0.25) is 14.3 Å². The fourth-order valence-electron chi connectivity index (χ4n) is 4.37. The van der Waals surface area contributed by atoms with Gasteiger partial charge in [-0.05, 0) is 31.2 Å². The fraction of sp³-hybridized carbons (Fsp3) is 0.148. The van der Waals surface area contributed by atoms with Crippen LogP contribution in [-0.4, -0.2) is 32.2 Å². The summed E-state index contributed by atoms with van der Waals surface area (Å²) in [5, 5.41) is 19.8. The van der Waals surface area contributed by atoms with Gasteiger partial charge in [0.25, 0.3) is 5.56 Å². The molecule has 0 saturated heterocycles. The Morgan fingerprint density at radius 1 is 1.24 bits per heavy atom. The minimum Gasteiger partial charge on any atom is -0.491 e. The second kappa shape index (κ2) is 10.5. The second-order valence-corrected chi connectivity index (χ2v) is 10.0. The molecule has 0 unspecified atom stereocenters. The molecule has 0 bridgehead atoms. The van der Waals surface area contributed by atoms with Crippen LogP contribution in [0.1, 0.15) is 27.3 Å². The van der Waals surface area contributed by atoms with Crippen molar-refractivity contribution < 1.29 is 32.2 Å². The zero-order valence-electron chi connectivity index (χ0n) is 20.7. The molecule has 0 spiro atoms. The number of rotatable bonds is 6. The van der Waals surface area contributed by atoms with Crippen molar-refractivity contribution in [1.82, 2.24) is 14.5 Å². The van der Waals surface area contributed by atoms with Gasteiger partial charge in [0.2, 0.25) is 0 Å². The number of carbonyl (C=O) groups is 1. The van der Waals surface area contributed by atoms with E-state index >= 15 is 0 Å². The molecule has 3 heterocycles. The standard InChI is InChI=1S/C27H15ClF4N4O4S/c1-12-35-20-7-14(27(30,31)32)6-13(10-33)22(20)25(37)36(12)4-5-40-21-9-19(29)18(28)8-16(21)15-2-3-34-23-17(26(38)39)11-41-24(15)23/h2-3,6-9,11H,4-5H2,1H3,(H,38,39). The highest BCUT2D eigenvalue weighted by Gasteiger charge is 2.32. The maximum absolute atomic E-state index is 14.5. The number of carboxylic acids is 1. The summed E-state index contributed by atoms with van der Waals surface area (Å²) in [6.45, 7) is 1.08. The van der Waals surface area contributed by atoms with Gasteiger partial charge in [0.1, 0.15) is 30.1 Å². The highest BCUT2D eigenvalue weighted by molar-refractivity contribution is 7.18. The second-order valence-electron chi connectivity index (χ2n) is 8.75. The smallest absolute Gasteiger partial charge is 0.416 e. The van der Waals surface area contributed by atoms with Crippen LogP contribution in [0.15, 0.2) is 46.7 Å². The molecule has 0 saturated carbocycles. The number of nitrogens with zero attached hydrogens (tertiary/aromatic N) is 4. The van der Waals surface area contributed by atoms with Crippen LogP contribution >= 0.6 is 22.9 Å². The van der Waals surface area contributed by atoms with Gasteiger partial charge in [0.15, 0.2) is 0 Å². The fourth-order valence-corrected chi connectivity index (χ4v) is 5.56. The van der Waals surface area contributed by atoms with E-state index in [4.69, 9.17) is 16.3 Å². The molecule has 5 aromatic rings. The van der Waals surface area contributed by atoms with Crippen molar-refractivity contribution in [3.8, 4) is 22.9 Å². The van der Waals surface area contributed by atoms with E-state index in [1.807, 2.05) is 0 Å². The number of aromatic carboxylic acids is 1. The number of nitriles is 1. The molecule has 5 rings (SSSR count). The van der Waals surface area contributed by atoms with Gasteiger partial charge in [-0.1, -0.05) is 11.6 Å². The number of alkyl halides is 3. The molecule has 2 aromatic carbocycles. The minimum absolute atomic E-state index is 0.000254. The van der Waals surface area contributed by atoms with Crippen molar-refractivity contribution in [2.24, 2.45) is 0 Å². The van der Waals surface area contributed by atoms with Crippen LogP contribution in [0.25, 0.3) is 32.2 Å². The van der Waals surface area contributed by atoms with Crippen molar-refractivity contribution in [2.75, 3.05) is 6.61 Å². The van der Waals surface area contributed by atoms with Gasteiger partial charge in [0, 0.05) is 28.8 Å². The van der Waals surface area contributed by atoms with Crippen LogP contribution in [0.2, 0.25) is 5.02 Å². The molecule has 8 nitrogen and oxygen atoms in total. The van der Waals surface area contributed by atoms with E-state index in [1.165, 1.54) is 24.6 Å². The van der Waals surface area contributed by atoms with Gasteiger partial charge in [-0.25, -0.2) is 14.2 Å². The Labute approximate surface area is 236 Å². The van der Waals surface area contributed by atoms with Crippen LogP contribution in [-0.2, 0) is 12.7 Å². The molecule has 0 aliphatic carbocycles. The Morgan fingerprint density at radius 3 is 2.68 bits per heavy atom. The number of halogens is 5. The third-order valence-electron chi connectivity index (χ3n) is 6.27. The SMILES string of the molecule is Cc1nc2cc(C(F)(F)F)cc(C#N)c2c(=O)n1CCOc1cc(F)c(Cl)cc1-c1ccnc2c(C(=O)O)csc12.